The van der Waals surface area contributed by atoms with Crippen LogP contribution in [0.1, 0.15) is 0 Å². The molecule has 1 rings (SSSR count). The van der Waals surface area contributed by atoms with Crippen molar-refractivity contribution in [1.29, 1.82) is 0 Å². The topological polar surface area (TPSA) is 60.7 Å². The van der Waals surface area contributed by atoms with Crippen LogP contribution in [0.3, 0.4) is 0 Å². The Bertz CT molecular complexity index is 486. The molecule has 0 aliphatic rings. The maximum atomic E-state index is 11.3. The van der Waals surface area contributed by atoms with Gasteiger partial charge in [-0.2, -0.15) is 0 Å². The number of aromatic nitrogens is 1. The maximum Gasteiger partial charge on any atom is 0.356 e. The lowest BCUT2D eigenvalue weighted by Gasteiger charge is -2.00. The third-order valence-corrected chi connectivity index (χ3v) is 1.88. The monoisotopic (exact) mass is 220 g/mol. The highest BCUT2D eigenvalue weighted by molar-refractivity contribution is 5.92. The van der Waals surface area contributed by atoms with Gasteiger partial charge in [-0.1, -0.05) is 6.07 Å². The van der Waals surface area contributed by atoms with Crippen molar-refractivity contribution >= 4 is 12.3 Å². The van der Waals surface area contributed by atoms with Gasteiger partial charge in [0.25, 0.3) is 0 Å². The fraction of sp³-hybridized carbons (Fsp3) is 0.182. The second-order valence-electron chi connectivity index (χ2n) is 2.96. The van der Waals surface area contributed by atoms with E-state index in [1.807, 2.05) is 6.07 Å². The zero-order chi connectivity index (χ0) is 12.0. The predicted octanol–water partition coefficient (Wildman–Crippen LogP) is 0.182. The summed E-state index contributed by atoms with van der Waals surface area (Å²) in [6.07, 6.45) is 3.35. The molecule has 0 aliphatic carbocycles. The van der Waals surface area contributed by atoms with Crippen molar-refractivity contribution in [1.82, 2.24) is 4.57 Å². The summed E-state index contributed by atoms with van der Waals surface area (Å²) in [5.41, 5.74) is 0.528. The average molecular weight is 220 g/mol. The van der Waals surface area contributed by atoms with Crippen molar-refractivity contribution in [2.45, 2.75) is 0 Å². The standard InChI is InChI=1S/C11H12N2O3/c1-13-7-4-3-5-10(13)12-9(6-8-14)11(15)16-2/h3-8H,1-2H3/b9-6-,12-10?. The van der Waals surface area contributed by atoms with Gasteiger partial charge in [0, 0.05) is 19.3 Å². The summed E-state index contributed by atoms with van der Waals surface area (Å²) in [4.78, 5) is 25.7. The Hall–Kier alpha value is -2.17. The second-order valence-corrected chi connectivity index (χ2v) is 2.96. The Kier molecular flexibility index (Phi) is 4.20. The van der Waals surface area contributed by atoms with Gasteiger partial charge in [0.15, 0.2) is 5.70 Å². The van der Waals surface area contributed by atoms with Gasteiger partial charge in [0.1, 0.15) is 11.8 Å². The molecule has 0 atom stereocenters. The molecule has 0 radical (unpaired) electrons. The van der Waals surface area contributed by atoms with Crippen LogP contribution in [0, 0.1) is 0 Å². The number of carbonyl (C=O) groups is 2. The number of esters is 1. The highest BCUT2D eigenvalue weighted by Crippen LogP contribution is 1.96. The van der Waals surface area contributed by atoms with Crippen molar-refractivity contribution in [2.75, 3.05) is 7.11 Å². The van der Waals surface area contributed by atoms with Crippen LogP contribution in [0.15, 0.2) is 41.2 Å². The molecule has 84 valence electrons. The number of hydrogen-bond donors (Lipinski definition) is 0. The zero-order valence-corrected chi connectivity index (χ0v) is 9.08. The summed E-state index contributed by atoms with van der Waals surface area (Å²) in [6, 6.07) is 5.34. The molecule has 0 aromatic carbocycles. The summed E-state index contributed by atoms with van der Waals surface area (Å²) in [5.74, 6) is -0.643. The molecule has 1 aromatic rings. The largest absolute Gasteiger partial charge is 0.464 e. The third-order valence-electron chi connectivity index (χ3n) is 1.88. The molecule has 0 saturated heterocycles. The number of carbonyl (C=O) groups excluding carboxylic acids is 2. The van der Waals surface area contributed by atoms with Crippen LogP contribution in [-0.2, 0) is 21.4 Å². The lowest BCUT2D eigenvalue weighted by Crippen LogP contribution is -2.18. The number of aldehydes is 1. The van der Waals surface area contributed by atoms with Crippen molar-refractivity contribution in [3.63, 3.8) is 0 Å². The maximum absolute atomic E-state index is 11.3. The fourth-order valence-electron chi connectivity index (χ4n) is 1.07. The van der Waals surface area contributed by atoms with Crippen LogP contribution in [0.5, 0.6) is 0 Å². The molecule has 0 aliphatic heterocycles. The number of allylic oxidation sites excluding steroid dienone is 1. The minimum absolute atomic E-state index is 0.0284. The van der Waals surface area contributed by atoms with Crippen LogP contribution in [0.25, 0.3) is 0 Å². The average Bonchev–Trinajstić information content (AvgIpc) is 2.30. The lowest BCUT2D eigenvalue weighted by molar-refractivity contribution is -0.136. The Morgan fingerprint density at radius 3 is 2.81 bits per heavy atom. The quantitative estimate of drug-likeness (QED) is 0.415. The van der Waals surface area contributed by atoms with E-state index in [0.29, 0.717) is 11.8 Å². The highest BCUT2D eigenvalue weighted by Gasteiger charge is 2.07. The van der Waals surface area contributed by atoms with Gasteiger partial charge in [0.2, 0.25) is 0 Å². The van der Waals surface area contributed by atoms with E-state index in [-0.39, 0.29) is 5.70 Å². The van der Waals surface area contributed by atoms with Crippen molar-refractivity contribution < 1.29 is 14.3 Å². The van der Waals surface area contributed by atoms with Gasteiger partial charge in [-0.15, -0.1) is 0 Å². The number of nitrogens with zero attached hydrogens (tertiary/aromatic N) is 2. The summed E-state index contributed by atoms with van der Waals surface area (Å²) in [7, 11) is 3.02. The number of methoxy groups -OCH3 is 1. The van der Waals surface area contributed by atoms with Gasteiger partial charge in [-0.3, -0.25) is 4.79 Å². The van der Waals surface area contributed by atoms with E-state index >= 15 is 0 Å². The van der Waals surface area contributed by atoms with Gasteiger partial charge < -0.3 is 9.30 Å². The normalized spacial score (nSPS) is 12.4. The number of pyridine rings is 1. The lowest BCUT2D eigenvalue weighted by atomic mass is 10.4. The number of hydrogen-bond acceptors (Lipinski definition) is 4. The van der Waals surface area contributed by atoms with Crippen molar-refractivity contribution in [2.24, 2.45) is 12.0 Å². The van der Waals surface area contributed by atoms with E-state index in [2.05, 4.69) is 9.73 Å². The second kappa shape index (κ2) is 5.65. The molecule has 0 bridgehead atoms. The number of ether oxygens (including phenoxy) is 1. The van der Waals surface area contributed by atoms with Gasteiger partial charge >= 0.3 is 5.97 Å². The van der Waals surface area contributed by atoms with E-state index in [4.69, 9.17) is 0 Å². The van der Waals surface area contributed by atoms with Crippen LogP contribution >= 0.6 is 0 Å². The Morgan fingerprint density at radius 1 is 1.50 bits per heavy atom. The molecule has 0 unspecified atom stereocenters. The van der Waals surface area contributed by atoms with Gasteiger partial charge in [-0.25, -0.2) is 9.79 Å². The summed E-state index contributed by atoms with van der Waals surface area (Å²) < 4.78 is 6.23. The minimum atomic E-state index is -0.643. The van der Waals surface area contributed by atoms with Crippen molar-refractivity contribution in [3.8, 4) is 0 Å². The van der Waals surface area contributed by atoms with E-state index in [1.54, 1.807) is 29.9 Å². The molecule has 0 fully saturated rings. The first-order chi connectivity index (χ1) is 7.69. The SMILES string of the molecule is COC(=O)/C(=C/C=O)N=c1ccccn1C. The van der Waals surface area contributed by atoms with Crippen molar-refractivity contribution in [3.05, 3.63) is 41.7 Å². The molecule has 5 heteroatoms. The third kappa shape index (κ3) is 2.91. The van der Waals surface area contributed by atoms with Crippen LogP contribution in [-0.4, -0.2) is 23.9 Å². The molecule has 1 heterocycles. The van der Waals surface area contributed by atoms with E-state index in [9.17, 15) is 9.59 Å². The van der Waals surface area contributed by atoms with E-state index in [1.165, 1.54) is 7.11 Å². The molecule has 16 heavy (non-hydrogen) atoms. The number of aryl methyl sites for hydroxylation is 1. The first-order valence-electron chi connectivity index (χ1n) is 4.59. The Morgan fingerprint density at radius 2 is 2.25 bits per heavy atom. The van der Waals surface area contributed by atoms with Crippen LogP contribution in [0.2, 0.25) is 0 Å². The molecule has 5 nitrogen and oxygen atoms in total. The zero-order valence-electron chi connectivity index (χ0n) is 9.08. The molecule has 0 amide bonds. The van der Waals surface area contributed by atoms with Crippen LogP contribution in [0.4, 0.5) is 0 Å². The molecule has 0 spiro atoms. The van der Waals surface area contributed by atoms with E-state index < -0.39 is 5.97 Å². The summed E-state index contributed by atoms with van der Waals surface area (Å²) in [5, 5.41) is 0. The van der Waals surface area contributed by atoms with E-state index in [0.717, 1.165) is 6.08 Å². The molecule has 1 aromatic heterocycles. The van der Waals surface area contributed by atoms with Gasteiger partial charge in [-0.05, 0) is 12.1 Å². The highest BCUT2D eigenvalue weighted by atomic mass is 16.5. The van der Waals surface area contributed by atoms with Gasteiger partial charge in [0.05, 0.1) is 7.11 Å². The molecule has 0 saturated carbocycles. The molecular weight excluding hydrogens is 208 g/mol. The minimum Gasteiger partial charge on any atom is -0.464 e. The smallest absolute Gasteiger partial charge is 0.356 e. The Balaban J connectivity index is 3.23. The van der Waals surface area contributed by atoms with Crippen LogP contribution < -0.4 is 5.49 Å². The number of rotatable bonds is 3. The Labute approximate surface area is 92.7 Å². The fourth-order valence-corrected chi connectivity index (χ4v) is 1.07. The molecular formula is C11H12N2O3. The molecule has 0 N–H and O–H groups in total. The summed E-state index contributed by atoms with van der Waals surface area (Å²) in [6.45, 7) is 0. The first-order valence-corrected chi connectivity index (χ1v) is 4.59. The first kappa shape index (κ1) is 11.9. The summed E-state index contributed by atoms with van der Waals surface area (Å²) >= 11 is 0. The predicted molar refractivity (Wildman–Crippen MR) is 57.1 cm³/mol.